The van der Waals surface area contributed by atoms with Crippen molar-refractivity contribution in [2.45, 2.75) is 0 Å². The molecule has 0 spiro atoms. The molecular weight excluding hydrogens is 230 g/mol. The minimum Gasteiger partial charge on any atom is -0.503 e. The van der Waals surface area contributed by atoms with Gasteiger partial charge in [-0.1, -0.05) is 0 Å². The second-order valence-corrected chi connectivity index (χ2v) is 3.62. The molecular formula is C9H13N3O5. The minimum absolute atomic E-state index is 0.110. The molecule has 1 aliphatic rings. The largest absolute Gasteiger partial charge is 0.503 e. The van der Waals surface area contributed by atoms with Crippen LogP contribution in [0.25, 0.3) is 0 Å². The molecule has 1 rings (SSSR count). The van der Waals surface area contributed by atoms with Gasteiger partial charge in [0.15, 0.2) is 5.76 Å². The first-order valence-electron chi connectivity index (χ1n) is 4.79. The van der Waals surface area contributed by atoms with Crippen molar-refractivity contribution in [2.75, 3.05) is 26.7 Å². The van der Waals surface area contributed by atoms with Crippen LogP contribution < -0.4 is 5.73 Å². The van der Waals surface area contributed by atoms with Gasteiger partial charge in [0.2, 0.25) is 0 Å². The summed E-state index contributed by atoms with van der Waals surface area (Å²) in [6.07, 6.45) is 0. The van der Waals surface area contributed by atoms with Crippen molar-refractivity contribution >= 4 is 17.9 Å². The predicted molar refractivity (Wildman–Crippen MR) is 56.1 cm³/mol. The first-order chi connectivity index (χ1) is 7.84. The molecule has 0 bridgehead atoms. The highest BCUT2D eigenvalue weighted by atomic mass is 16.4. The summed E-state index contributed by atoms with van der Waals surface area (Å²) in [4.78, 5) is 35.1. The van der Waals surface area contributed by atoms with Gasteiger partial charge in [-0.05, 0) is 0 Å². The molecule has 94 valence electrons. The van der Waals surface area contributed by atoms with Crippen molar-refractivity contribution in [3.63, 3.8) is 0 Å². The summed E-state index contributed by atoms with van der Waals surface area (Å²) in [6, 6.07) is -0.646. The van der Waals surface area contributed by atoms with Gasteiger partial charge in [-0.25, -0.2) is 9.59 Å². The van der Waals surface area contributed by atoms with Crippen LogP contribution >= 0.6 is 0 Å². The lowest BCUT2D eigenvalue weighted by Crippen LogP contribution is -2.40. The molecule has 0 saturated heterocycles. The molecule has 0 fully saturated rings. The Balaban J connectivity index is 2.59. The summed E-state index contributed by atoms with van der Waals surface area (Å²) in [5, 5.41) is 18.0. The summed E-state index contributed by atoms with van der Waals surface area (Å²) < 4.78 is 0. The lowest BCUT2D eigenvalue weighted by atomic mass is 10.3. The van der Waals surface area contributed by atoms with E-state index in [-0.39, 0.29) is 25.2 Å². The first kappa shape index (κ1) is 12.8. The Morgan fingerprint density at radius 3 is 2.53 bits per heavy atom. The molecule has 3 amide bonds. The highest BCUT2D eigenvalue weighted by molar-refractivity contribution is 6.04. The number of aliphatic carboxylic acids is 1. The second-order valence-electron chi connectivity index (χ2n) is 3.62. The Morgan fingerprint density at radius 1 is 1.53 bits per heavy atom. The number of nitrogens with zero attached hydrogens (tertiary/aromatic N) is 2. The number of carboxylic acid groups (broad SMARTS) is 1. The van der Waals surface area contributed by atoms with Gasteiger partial charge in [0.1, 0.15) is 5.57 Å². The van der Waals surface area contributed by atoms with E-state index in [2.05, 4.69) is 0 Å². The molecule has 1 aliphatic heterocycles. The van der Waals surface area contributed by atoms with Gasteiger partial charge >= 0.3 is 12.0 Å². The summed E-state index contributed by atoms with van der Waals surface area (Å²) in [6.45, 7) is 0.104. The van der Waals surface area contributed by atoms with Crippen LogP contribution in [0.5, 0.6) is 0 Å². The van der Waals surface area contributed by atoms with E-state index in [9.17, 15) is 19.5 Å². The fraction of sp³-hybridized carbons (Fsp3) is 0.444. The minimum atomic E-state index is -1.33. The van der Waals surface area contributed by atoms with E-state index in [1.165, 1.54) is 11.9 Å². The zero-order valence-corrected chi connectivity index (χ0v) is 9.21. The standard InChI is InChI=1S/C9H13N3O5/c1-11(9(10)17)2-3-12-4-5(8(15)16)6(13)7(12)14/h13H,2-4H2,1H3,(H2,10,17)(H,15,16). The smallest absolute Gasteiger partial charge is 0.337 e. The van der Waals surface area contributed by atoms with Crippen LogP contribution in [0.15, 0.2) is 11.3 Å². The molecule has 0 aliphatic carbocycles. The van der Waals surface area contributed by atoms with Crippen molar-refractivity contribution in [2.24, 2.45) is 5.73 Å². The van der Waals surface area contributed by atoms with Crippen LogP contribution in [0.2, 0.25) is 0 Å². The van der Waals surface area contributed by atoms with Crippen LogP contribution in [0, 0.1) is 0 Å². The maximum atomic E-state index is 11.4. The molecule has 4 N–H and O–H groups in total. The topological polar surface area (TPSA) is 124 Å². The maximum absolute atomic E-state index is 11.4. The number of likely N-dealkylation sites (N-methyl/N-ethyl adjacent to an activating group) is 1. The predicted octanol–water partition coefficient (Wildman–Crippen LogP) is -1.26. The van der Waals surface area contributed by atoms with E-state index in [1.807, 2.05) is 0 Å². The van der Waals surface area contributed by atoms with Gasteiger partial charge in [0, 0.05) is 20.1 Å². The number of hydrogen-bond acceptors (Lipinski definition) is 4. The number of primary amides is 1. The van der Waals surface area contributed by atoms with Gasteiger partial charge in [-0.3, -0.25) is 4.79 Å². The number of aliphatic hydroxyl groups is 1. The number of aliphatic hydroxyl groups excluding tert-OH is 1. The molecule has 0 radical (unpaired) electrons. The van der Waals surface area contributed by atoms with E-state index < -0.39 is 23.7 Å². The fourth-order valence-corrected chi connectivity index (χ4v) is 1.35. The molecule has 0 aromatic rings. The van der Waals surface area contributed by atoms with E-state index in [1.54, 1.807) is 0 Å². The molecule has 8 nitrogen and oxygen atoms in total. The number of carboxylic acids is 1. The normalized spacial score (nSPS) is 15.4. The Labute approximate surface area is 96.9 Å². The third kappa shape index (κ3) is 2.65. The number of carbonyl (C=O) groups excluding carboxylic acids is 2. The molecule has 1 heterocycles. The van der Waals surface area contributed by atoms with E-state index in [0.29, 0.717) is 0 Å². The molecule has 0 aromatic heterocycles. The van der Waals surface area contributed by atoms with Crippen LogP contribution in [0.1, 0.15) is 0 Å². The zero-order chi connectivity index (χ0) is 13.2. The van der Waals surface area contributed by atoms with Crippen LogP contribution in [-0.4, -0.2) is 64.6 Å². The van der Waals surface area contributed by atoms with Crippen LogP contribution in [0.4, 0.5) is 4.79 Å². The number of rotatable bonds is 4. The van der Waals surface area contributed by atoms with Gasteiger partial charge in [-0.2, -0.15) is 0 Å². The molecule has 0 aromatic carbocycles. The maximum Gasteiger partial charge on any atom is 0.337 e. The third-order valence-electron chi connectivity index (χ3n) is 2.46. The molecule has 0 saturated carbocycles. The lowest BCUT2D eigenvalue weighted by molar-refractivity contribution is -0.133. The fourth-order valence-electron chi connectivity index (χ4n) is 1.35. The Hall–Kier alpha value is -2.25. The van der Waals surface area contributed by atoms with Gasteiger partial charge in [-0.15, -0.1) is 0 Å². The van der Waals surface area contributed by atoms with E-state index >= 15 is 0 Å². The number of urea groups is 1. The third-order valence-corrected chi connectivity index (χ3v) is 2.46. The van der Waals surface area contributed by atoms with E-state index in [0.717, 1.165) is 4.90 Å². The number of nitrogens with two attached hydrogens (primary N) is 1. The SMILES string of the molecule is CN(CCN1CC(C(=O)O)=C(O)C1=O)C(N)=O. The van der Waals surface area contributed by atoms with Crippen LogP contribution in [0.3, 0.4) is 0 Å². The lowest BCUT2D eigenvalue weighted by Gasteiger charge is -2.20. The molecule has 0 unspecified atom stereocenters. The number of carbonyl (C=O) groups is 3. The van der Waals surface area contributed by atoms with Gasteiger partial charge in [0.05, 0.1) is 6.54 Å². The van der Waals surface area contributed by atoms with Crippen LogP contribution in [-0.2, 0) is 9.59 Å². The molecule has 0 atom stereocenters. The average molecular weight is 243 g/mol. The van der Waals surface area contributed by atoms with Crippen molar-refractivity contribution in [1.82, 2.24) is 9.80 Å². The quantitative estimate of drug-likeness (QED) is 0.568. The highest BCUT2D eigenvalue weighted by Crippen LogP contribution is 2.16. The van der Waals surface area contributed by atoms with Crippen molar-refractivity contribution in [1.29, 1.82) is 0 Å². The number of amides is 3. The Kier molecular flexibility index (Phi) is 3.56. The first-order valence-corrected chi connectivity index (χ1v) is 4.79. The highest BCUT2D eigenvalue weighted by Gasteiger charge is 2.33. The van der Waals surface area contributed by atoms with E-state index in [4.69, 9.17) is 10.8 Å². The second kappa shape index (κ2) is 4.73. The molecule has 8 heteroatoms. The van der Waals surface area contributed by atoms with Crippen molar-refractivity contribution in [3.8, 4) is 0 Å². The average Bonchev–Trinajstić information content (AvgIpc) is 2.53. The Morgan fingerprint density at radius 2 is 2.12 bits per heavy atom. The zero-order valence-electron chi connectivity index (χ0n) is 9.21. The summed E-state index contributed by atoms with van der Waals surface area (Å²) >= 11 is 0. The van der Waals surface area contributed by atoms with Gasteiger partial charge in [0.25, 0.3) is 5.91 Å². The van der Waals surface area contributed by atoms with Gasteiger partial charge < -0.3 is 25.7 Å². The summed E-state index contributed by atoms with van der Waals surface area (Å²) in [5.41, 5.74) is 4.65. The van der Waals surface area contributed by atoms with Crippen molar-refractivity contribution < 1.29 is 24.6 Å². The summed E-state index contributed by atoms with van der Waals surface area (Å²) in [7, 11) is 1.45. The summed E-state index contributed by atoms with van der Waals surface area (Å²) in [5.74, 6) is -2.83. The van der Waals surface area contributed by atoms with Crippen molar-refractivity contribution in [3.05, 3.63) is 11.3 Å². The Bertz CT molecular complexity index is 403. The molecule has 17 heavy (non-hydrogen) atoms. The number of hydrogen-bond donors (Lipinski definition) is 3. The monoisotopic (exact) mass is 243 g/mol.